The van der Waals surface area contributed by atoms with Crippen LogP contribution in [0.1, 0.15) is 54.4 Å². The number of nitrogens with one attached hydrogen (secondary N) is 1. The van der Waals surface area contributed by atoms with Crippen molar-refractivity contribution < 1.29 is 29.0 Å². The van der Waals surface area contributed by atoms with Crippen LogP contribution in [-0.2, 0) is 30.9 Å². The Balaban J connectivity index is 1.37. The molecular formula is C33H45ClN9O5+. The summed E-state index contributed by atoms with van der Waals surface area (Å²) in [4.78, 5) is 27.6. The molecule has 1 atom stereocenters. The van der Waals surface area contributed by atoms with Gasteiger partial charge in [-0.2, -0.15) is 0 Å². The Morgan fingerprint density at radius 1 is 1.21 bits per heavy atom. The molecule has 1 saturated heterocycles. The third-order valence-electron chi connectivity index (χ3n) is 8.44. The molecule has 1 aliphatic rings. The molecule has 7 N–H and O–H groups in total. The summed E-state index contributed by atoms with van der Waals surface area (Å²) in [7, 11) is 0. The van der Waals surface area contributed by atoms with Gasteiger partial charge in [-0.3, -0.25) is 14.7 Å². The first-order valence-corrected chi connectivity index (χ1v) is 16.6. The van der Waals surface area contributed by atoms with E-state index in [-0.39, 0.29) is 34.8 Å². The highest BCUT2D eigenvalue weighted by Gasteiger charge is 2.29. The SMILES string of the molecule is CCn1c(CNC(=O)c2nc(Cl)c(N)nc2N)[n+](CC2CCOCC2)c2ccc(OCCN(Cc3nc(C)ccc3O)C[C@H](C)O)cc21. The van der Waals surface area contributed by atoms with E-state index in [9.17, 15) is 15.0 Å². The second-order valence-corrected chi connectivity index (χ2v) is 12.5. The Bertz CT molecular complexity index is 1740. The van der Waals surface area contributed by atoms with Gasteiger partial charge in [0.2, 0.25) is 0 Å². The van der Waals surface area contributed by atoms with Crippen LogP contribution in [0.15, 0.2) is 30.3 Å². The summed E-state index contributed by atoms with van der Waals surface area (Å²) in [6.45, 7) is 10.4. The monoisotopic (exact) mass is 682 g/mol. The third-order valence-corrected chi connectivity index (χ3v) is 8.72. The Morgan fingerprint density at radius 2 is 1.98 bits per heavy atom. The van der Waals surface area contributed by atoms with Crippen LogP contribution in [-0.4, -0.2) is 79.6 Å². The van der Waals surface area contributed by atoms with Crippen LogP contribution in [0.3, 0.4) is 0 Å². The summed E-state index contributed by atoms with van der Waals surface area (Å²) in [6, 6.07) is 9.41. The van der Waals surface area contributed by atoms with Crippen LogP contribution in [0.4, 0.5) is 11.6 Å². The number of hydrogen-bond acceptors (Lipinski definition) is 11. The van der Waals surface area contributed by atoms with Gasteiger partial charge >= 0.3 is 0 Å². The quantitative estimate of drug-likeness (QED) is 0.123. The van der Waals surface area contributed by atoms with Gasteiger partial charge in [-0.25, -0.2) is 19.1 Å². The number of nitrogens with zero attached hydrogens (tertiary/aromatic N) is 6. The number of rotatable bonds is 14. The van der Waals surface area contributed by atoms with E-state index in [4.69, 9.17) is 32.5 Å². The number of anilines is 2. The fourth-order valence-electron chi connectivity index (χ4n) is 6.08. The van der Waals surface area contributed by atoms with Gasteiger partial charge in [0.15, 0.2) is 33.5 Å². The number of aliphatic hydroxyl groups excluding tert-OH is 1. The number of halogens is 1. The van der Waals surface area contributed by atoms with Crippen molar-refractivity contribution in [3.05, 3.63) is 58.4 Å². The molecule has 14 nitrogen and oxygen atoms in total. The topological polar surface area (TPSA) is 191 Å². The van der Waals surface area contributed by atoms with Crippen LogP contribution in [0.2, 0.25) is 5.15 Å². The zero-order chi connectivity index (χ0) is 34.4. The van der Waals surface area contributed by atoms with Crippen molar-refractivity contribution in [1.82, 2.24) is 29.7 Å². The van der Waals surface area contributed by atoms with Crippen molar-refractivity contribution in [2.24, 2.45) is 5.92 Å². The minimum atomic E-state index is -0.563. The summed E-state index contributed by atoms with van der Waals surface area (Å²) < 4.78 is 16.3. The zero-order valence-electron chi connectivity index (χ0n) is 27.7. The summed E-state index contributed by atoms with van der Waals surface area (Å²) in [5.41, 5.74) is 14.9. The van der Waals surface area contributed by atoms with Gasteiger partial charge in [-0.1, -0.05) is 11.6 Å². The van der Waals surface area contributed by atoms with E-state index in [1.165, 1.54) is 0 Å². The van der Waals surface area contributed by atoms with Crippen LogP contribution in [0, 0.1) is 12.8 Å². The van der Waals surface area contributed by atoms with E-state index in [0.29, 0.717) is 50.1 Å². The van der Waals surface area contributed by atoms with Crippen LogP contribution in [0.25, 0.3) is 11.0 Å². The number of hydrogen-bond donors (Lipinski definition) is 5. The number of imidazole rings is 1. The number of amides is 1. The number of aryl methyl sites for hydroxylation is 2. The standard InChI is InChI=1S/C33H44ClN9O5/c1-4-42-26-15-23(48-14-11-41(17-21(3)44)19-24-27(45)8-5-20(2)38-24)6-7-25(26)43(18-22-9-12-47-13-10-22)28(42)16-37-33(46)29-31(35)40-32(36)30(34)39-29/h5-8,15,21-22,44H,4,9-14,16-19H2,1-3H3,(H5-,35,36,37,40,45,46)/p+1/t21-/m0/s1. The first kappa shape index (κ1) is 35.1. The molecule has 0 radical (unpaired) electrons. The van der Waals surface area contributed by atoms with Gasteiger partial charge < -0.3 is 36.5 Å². The molecule has 1 aromatic carbocycles. The van der Waals surface area contributed by atoms with Crippen molar-refractivity contribution in [1.29, 1.82) is 0 Å². The maximum atomic E-state index is 13.2. The number of carbonyl (C=O) groups is 1. The van der Waals surface area contributed by atoms with E-state index in [2.05, 4.69) is 36.3 Å². The van der Waals surface area contributed by atoms with Crippen LogP contribution in [0.5, 0.6) is 11.5 Å². The van der Waals surface area contributed by atoms with Gasteiger partial charge in [-0.15, -0.1) is 0 Å². The number of nitrogen functional groups attached to an aromatic ring is 2. The fourth-order valence-corrected chi connectivity index (χ4v) is 6.21. The lowest BCUT2D eigenvalue weighted by Crippen LogP contribution is -2.44. The Kier molecular flexibility index (Phi) is 11.5. The van der Waals surface area contributed by atoms with Crippen molar-refractivity contribution in [2.45, 2.75) is 65.9 Å². The maximum Gasteiger partial charge on any atom is 0.277 e. The molecule has 0 spiro atoms. The second-order valence-electron chi connectivity index (χ2n) is 12.1. The van der Waals surface area contributed by atoms with Crippen LogP contribution >= 0.6 is 11.6 Å². The van der Waals surface area contributed by atoms with E-state index >= 15 is 0 Å². The molecule has 3 aromatic heterocycles. The highest BCUT2D eigenvalue weighted by Crippen LogP contribution is 2.25. The zero-order valence-corrected chi connectivity index (χ0v) is 28.4. The molecule has 0 bridgehead atoms. The van der Waals surface area contributed by atoms with Gasteiger partial charge in [0, 0.05) is 50.5 Å². The minimum Gasteiger partial charge on any atom is -0.506 e. The first-order chi connectivity index (χ1) is 23.0. The number of aromatic nitrogens is 5. The van der Waals surface area contributed by atoms with Gasteiger partial charge in [0.05, 0.1) is 24.9 Å². The summed E-state index contributed by atoms with van der Waals surface area (Å²) in [5.74, 6) is 1.50. The second kappa shape index (κ2) is 15.8. The smallest absolute Gasteiger partial charge is 0.277 e. The van der Waals surface area contributed by atoms with E-state index in [1.54, 1.807) is 19.1 Å². The Morgan fingerprint density at radius 3 is 2.71 bits per heavy atom. The predicted octanol–water partition coefficient (Wildman–Crippen LogP) is 2.58. The summed E-state index contributed by atoms with van der Waals surface area (Å²) >= 11 is 6.03. The predicted molar refractivity (Wildman–Crippen MR) is 181 cm³/mol. The number of fused-ring (bicyclic) bond motifs is 1. The lowest BCUT2D eigenvalue weighted by molar-refractivity contribution is -0.687. The molecule has 1 amide bonds. The van der Waals surface area contributed by atoms with Crippen molar-refractivity contribution >= 4 is 40.2 Å². The summed E-state index contributed by atoms with van der Waals surface area (Å²) in [6.07, 6.45) is 1.34. The minimum absolute atomic E-state index is 0.0394. The molecule has 1 aliphatic heterocycles. The number of aliphatic hydroxyl groups is 1. The third kappa shape index (κ3) is 8.42. The van der Waals surface area contributed by atoms with Crippen molar-refractivity contribution in [3.8, 4) is 11.5 Å². The van der Waals surface area contributed by atoms with Crippen molar-refractivity contribution in [3.63, 3.8) is 0 Å². The molecule has 4 heterocycles. The number of nitrogens with two attached hydrogens (primary N) is 2. The molecule has 258 valence electrons. The van der Waals surface area contributed by atoms with Gasteiger partial charge in [0.25, 0.3) is 11.7 Å². The molecule has 48 heavy (non-hydrogen) atoms. The van der Waals surface area contributed by atoms with E-state index < -0.39 is 12.0 Å². The molecule has 1 fully saturated rings. The van der Waals surface area contributed by atoms with Crippen LogP contribution < -0.4 is 26.1 Å². The first-order valence-electron chi connectivity index (χ1n) is 16.2. The molecule has 5 rings (SSSR count). The maximum absolute atomic E-state index is 13.2. The molecule has 0 aliphatic carbocycles. The molecular weight excluding hydrogens is 638 g/mol. The fraction of sp³-hybridized carbons (Fsp3) is 0.485. The van der Waals surface area contributed by atoms with Crippen molar-refractivity contribution in [2.75, 3.05) is 44.4 Å². The van der Waals surface area contributed by atoms with E-state index in [1.807, 2.05) is 30.0 Å². The highest BCUT2D eigenvalue weighted by atomic mass is 35.5. The highest BCUT2D eigenvalue weighted by molar-refractivity contribution is 6.31. The normalized spacial score (nSPS) is 14.5. The molecule has 0 saturated carbocycles. The number of carbonyl (C=O) groups excluding carboxylic acids is 1. The molecule has 15 heteroatoms. The Labute approximate surface area is 284 Å². The number of benzene rings is 1. The molecule has 4 aromatic rings. The number of pyridine rings is 1. The number of ether oxygens (including phenoxy) is 2. The number of aromatic hydroxyl groups is 1. The average molecular weight is 683 g/mol. The average Bonchev–Trinajstić information content (AvgIpc) is 3.34. The lowest BCUT2D eigenvalue weighted by Gasteiger charge is -2.24. The Hall–Kier alpha value is -4.24. The molecule has 0 unspecified atom stereocenters. The largest absolute Gasteiger partial charge is 0.506 e. The van der Waals surface area contributed by atoms with E-state index in [0.717, 1.165) is 55.2 Å². The van der Waals surface area contributed by atoms with Gasteiger partial charge in [0.1, 0.15) is 24.7 Å². The van der Waals surface area contributed by atoms with Gasteiger partial charge in [-0.05, 0) is 57.9 Å². The lowest BCUT2D eigenvalue weighted by atomic mass is 10.0. The summed E-state index contributed by atoms with van der Waals surface area (Å²) in [5, 5.41) is 23.3.